The van der Waals surface area contributed by atoms with E-state index in [1.807, 2.05) is 0 Å². The van der Waals surface area contributed by atoms with Gasteiger partial charge in [-0.1, -0.05) is 0 Å². The Hall–Kier alpha value is -1.17. The van der Waals surface area contributed by atoms with Gasteiger partial charge < -0.3 is 14.6 Å². The number of alkyl halides is 1. The highest BCUT2D eigenvalue weighted by molar-refractivity contribution is 5.67. The summed E-state index contributed by atoms with van der Waals surface area (Å²) in [5.41, 5.74) is 0. The minimum absolute atomic E-state index is 0.113. The standard InChI is InChI=1S/C9H15FO5/c1-6(10)14-5-8(15-7(2)11)3-4-9(12)13/h6,8H,3-5H2,1-2H3,(H,12,13). The average molecular weight is 222 g/mol. The zero-order valence-corrected chi connectivity index (χ0v) is 8.73. The van der Waals surface area contributed by atoms with Crippen LogP contribution < -0.4 is 0 Å². The van der Waals surface area contributed by atoms with Crippen LogP contribution in [0.3, 0.4) is 0 Å². The highest BCUT2D eigenvalue weighted by Gasteiger charge is 2.15. The lowest BCUT2D eigenvalue weighted by Crippen LogP contribution is -2.24. The summed E-state index contributed by atoms with van der Waals surface area (Å²) in [6, 6.07) is 0. The van der Waals surface area contributed by atoms with Gasteiger partial charge in [-0.25, -0.2) is 4.39 Å². The molecule has 0 rings (SSSR count). The lowest BCUT2D eigenvalue weighted by Gasteiger charge is -2.16. The van der Waals surface area contributed by atoms with E-state index < -0.39 is 24.4 Å². The summed E-state index contributed by atoms with van der Waals surface area (Å²) in [7, 11) is 0. The van der Waals surface area contributed by atoms with E-state index in [0.29, 0.717) is 0 Å². The van der Waals surface area contributed by atoms with Gasteiger partial charge in [-0.3, -0.25) is 9.59 Å². The van der Waals surface area contributed by atoms with Crippen LogP contribution in [0.1, 0.15) is 26.7 Å². The highest BCUT2D eigenvalue weighted by Crippen LogP contribution is 2.06. The molecule has 88 valence electrons. The Bertz CT molecular complexity index is 217. The molecule has 0 aliphatic heterocycles. The Morgan fingerprint density at radius 1 is 1.47 bits per heavy atom. The van der Waals surface area contributed by atoms with E-state index in [2.05, 4.69) is 4.74 Å². The van der Waals surface area contributed by atoms with Crippen LogP contribution in [0.5, 0.6) is 0 Å². The minimum Gasteiger partial charge on any atom is -0.481 e. The number of carbonyl (C=O) groups excluding carboxylic acids is 1. The second-order valence-corrected chi connectivity index (χ2v) is 3.04. The second-order valence-electron chi connectivity index (χ2n) is 3.04. The predicted molar refractivity (Wildman–Crippen MR) is 48.9 cm³/mol. The van der Waals surface area contributed by atoms with Crippen molar-refractivity contribution >= 4 is 11.9 Å². The summed E-state index contributed by atoms with van der Waals surface area (Å²) in [6.45, 7) is 2.26. The molecule has 15 heavy (non-hydrogen) atoms. The Labute approximate surface area is 87.2 Å². The van der Waals surface area contributed by atoms with Gasteiger partial charge in [0.25, 0.3) is 0 Å². The fourth-order valence-electron chi connectivity index (χ4n) is 0.935. The number of carboxylic acids is 1. The van der Waals surface area contributed by atoms with Gasteiger partial charge in [0.2, 0.25) is 0 Å². The zero-order valence-electron chi connectivity index (χ0n) is 8.73. The molecule has 0 aromatic heterocycles. The lowest BCUT2D eigenvalue weighted by atomic mass is 10.2. The van der Waals surface area contributed by atoms with Crippen molar-refractivity contribution in [3.05, 3.63) is 0 Å². The van der Waals surface area contributed by atoms with Crippen LogP contribution in [-0.4, -0.2) is 36.1 Å². The SMILES string of the molecule is CC(=O)OC(CCC(=O)O)COC(C)F. The number of carboxylic acid groups (broad SMARTS) is 1. The smallest absolute Gasteiger partial charge is 0.303 e. The molecule has 5 nitrogen and oxygen atoms in total. The molecule has 6 heteroatoms. The molecule has 0 saturated carbocycles. The summed E-state index contributed by atoms with van der Waals surface area (Å²) < 4.78 is 21.7. The molecule has 0 bridgehead atoms. The van der Waals surface area contributed by atoms with Gasteiger partial charge in [0.15, 0.2) is 6.36 Å². The van der Waals surface area contributed by atoms with E-state index in [1.165, 1.54) is 13.8 Å². The zero-order chi connectivity index (χ0) is 11.8. The van der Waals surface area contributed by atoms with Gasteiger partial charge in [-0.15, -0.1) is 0 Å². The fraction of sp³-hybridized carbons (Fsp3) is 0.778. The van der Waals surface area contributed by atoms with E-state index in [1.54, 1.807) is 0 Å². The van der Waals surface area contributed by atoms with Crippen LogP contribution >= 0.6 is 0 Å². The van der Waals surface area contributed by atoms with Crippen molar-refractivity contribution in [2.75, 3.05) is 6.61 Å². The molecule has 0 radical (unpaired) electrons. The number of halogens is 1. The number of esters is 1. The van der Waals surface area contributed by atoms with Crippen molar-refractivity contribution in [3.63, 3.8) is 0 Å². The van der Waals surface area contributed by atoms with Gasteiger partial charge in [0, 0.05) is 13.3 Å². The van der Waals surface area contributed by atoms with Crippen LogP contribution in [0.4, 0.5) is 4.39 Å². The third kappa shape index (κ3) is 9.14. The first-order valence-corrected chi connectivity index (χ1v) is 4.56. The first kappa shape index (κ1) is 13.8. The maximum atomic E-state index is 12.3. The maximum absolute atomic E-state index is 12.3. The fourth-order valence-corrected chi connectivity index (χ4v) is 0.935. The largest absolute Gasteiger partial charge is 0.481 e. The Balaban J connectivity index is 3.94. The van der Waals surface area contributed by atoms with Gasteiger partial charge in [-0.05, 0) is 13.3 Å². The van der Waals surface area contributed by atoms with Crippen LogP contribution in [0.25, 0.3) is 0 Å². The Morgan fingerprint density at radius 3 is 2.47 bits per heavy atom. The number of hydrogen-bond acceptors (Lipinski definition) is 4. The molecular formula is C9H15FO5. The summed E-state index contributed by atoms with van der Waals surface area (Å²) >= 11 is 0. The minimum atomic E-state index is -1.46. The molecule has 0 aliphatic rings. The van der Waals surface area contributed by atoms with Crippen LogP contribution in [0, 0.1) is 0 Å². The summed E-state index contributed by atoms with van der Waals surface area (Å²) in [5, 5.41) is 8.42. The van der Waals surface area contributed by atoms with Crippen molar-refractivity contribution in [2.45, 2.75) is 39.2 Å². The van der Waals surface area contributed by atoms with E-state index in [0.717, 1.165) is 0 Å². The predicted octanol–water partition coefficient (Wildman–Crippen LogP) is 1.11. The lowest BCUT2D eigenvalue weighted by molar-refractivity contribution is -0.155. The van der Waals surface area contributed by atoms with Crippen LogP contribution in [-0.2, 0) is 19.1 Å². The van der Waals surface area contributed by atoms with Crippen molar-refractivity contribution < 1.29 is 28.6 Å². The van der Waals surface area contributed by atoms with Gasteiger partial charge in [0.1, 0.15) is 6.10 Å². The van der Waals surface area contributed by atoms with Crippen LogP contribution in [0.2, 0.25) is 0 Å². The molecular weight excluding hydrogens is 207 g/mol. The first-order valence-electron chi connectivity index (χ1n) is 4.56. The molecule has 0 amide bonds. The highest BCUT2D eigenvalue weighted by atomic mass is 19.1. The first-order chi connectivity index (χ1) is 6.91. The molecule has 0 heterocycles. The number of aliphatic carboxylic acids is 1. The molecule has 0 saturated heterocycles. The molecule has 0 fully saturated rings. The molecule has 0 aliphatic carbocycles. The maximum Gasteiger partial charge on any atom is 0.303 e. The number of ether oxygens (including phenoxy) is 2. The second kappa shape index (κ2) is 7.17. The Kier molecular flexibility index (Phi) is 6.61. The third-order valence-electron chi connectivity index (χ3n) is 1.52. The van der Waals surface area contributed by atoms with E-state index >= 15 is 0 Å². The van der Waals surface area contributed by atoms with Crippen molar-refractivity contribution in [3.8, 4) is 0 Å². The number of hydrogen-bond donors (Lipinski definition) is 1. The monoisotopic (exact) mass is 222 g/mol. The van der Waals surface area contributed by atoms with Crippen molar-refractivity contribution in [1.29, 1.82) is 0 Å². The topological polar surface area (TPSA) is 72.8 Å². The van der Waals surface area contributed by atoms with Crippen molar-refractivity contribution in [2.24, 2.45) is 0 Å². The molecule has 0 spiro atoms. The molecule has 1 N–H and O–H groups in total. The molecule has 2 atom stereocenters. The summed E-state index contributed by atoms with van der Waals surface area (Å²) in [5.74, 6) is -1.54. The third-order valence-corrected chi connectivity index (χ3v) is 1.52. The van der Waals surface area contributed by atoms with E-state index in [9.17, 15) is 14.0 Å². The summed E-state index contributed by atoms with van der Waals surface area (Å²) in [6.07, 6.45) is -2.21. The average Bonchev–Trinajstić information content (AvgIpc) is 2.08. The normalized spacial score (nSPS) is 14.3. The molecule has 0 aromatic rings. The number of carbonyl (C=O) groups is 2. The Morgan fingerprint density at radius 2 is 2.07 bits per heavy atom. The van der Waals surface area contributed by atoms with E-state index in [-0.39, 0.29) is 19.4 Å². The molecule has 0 aromatic carbocycles. The van der Waals surface area contributed by atoms with E-state index in [4.69, 9.17) is 9.84 Å². The van der Waals surface area contributed by atoms with Gasteiger partial charge >= 0.3 is 11.9 Å². The van der Waals surface area contributed by atoms with Gasteiger partial charge in [0.05, 0.1) is 6.61 Å². The van der Waals surface area contributed by atoms with Crippen molar-refractivity contribution in [1.82, 2.24) is 0 Å². The van der Waals surface area contributed by atoms with Crippen LogP contribution in [0.15, 0.2) is 0 Å². The quantitative estimate of drug-likeness (QED) is 0.653. The number of rotatable bonds is 7. The summed E-state index contributed by atoms with van der Waals surface area (Å²) in [4.78, 5) is 20.9. The van der Waals surface area contributed by atoms with Gasteiger partial charge in [-0.2, -0.15) is 0 Å². The molecule has 2 unspecified atom stereocenters.